The van der Waals surface area contributed by atoms with Crippen LogP contribution < -0.4 is 5.73 Å². The largest absolute Gasteiger partial charge is 0.396 e. The molecule has 0 fully saturated rings. The molecule has 2 N–H and O–H groups in total. The summed E-state index contributed by atoms with van der Waals surface area (Å²) in [5.74, 6) is -2.22. The first-order chi connectivity index (χ1) is 8.40. The molecule has 1 aromatic carbocycles. The molecule has 2 aromatic rings. The van der Waals surface area contributed by atoms with E-state index in [2.05, 4.69) is 0 Å². The number of nitrogen functional groups attached to an aromatic ring is 1. The minimum absolute atomic E-state index is 0.199. The highest BCUT2D eigenvalue weighted by atomic mass is 32.1. The van der Waals surface area contributed by atoms with Crippen LogP contribution >= 0.6 is 11.3 Å². The van der Waals surface area contributed by atoms with Crippen molar-refractivity contribution in [1.82, 2.24) is 0 Å². The van der Waals surface area contributed by atoms with Crippen LogP contribution in [0.25, 0.3) is 0 Å². The van der Waals surface area contributed by atoms with Crippen LogP contribution in [0.5, 0.6) is 0 Å². The molecule has 94 valence electrons. The number of aryl methyl sites for hydroxylation is 2. The lowest BCUT2D eigenvalue weighted by molar-refractivity contribution is 0.103. The first-order valence-corrected chi connectivity index (χ1v) is 6.08. The zero-order chi connectivity index (χ0) is 13.4. The van der Waals surface area contributed by atoms with Gasteiger partial charge in [-0.05, 0) is 26.0 Å². The third-order valence-corrected chi connectivity index (χ3v) is 3.58. The van der Waals surface area contributed by atoms with Crippen LogP contribution in [-0.2, 0) is 0 Å². The Morgan fingerprint density at radius 2 is 1.78 bits per heavy atom. The van der Waals surface area contributed by atoms with Gasteiger partial charge in [-0.2, -0.15) is 0 Å². The average Bonchev–Trinajstić information content (AvgIpc) is 2.62. The molecule has 2 nitrogen and oxygen atoms in total. The number of carbonyl (C=O) groups is 1. The van der Waals surface area contributed by atoms with Gasteiger partial charge in [-0.1, -0.05) is 0 Å². The van der Waals surface area contributed by atoms with Gasteiger partial charge >= 0.3 is 0 Å². The van der Waals surface area contributed by atoms with Gasteiger partial charge in [-0.15, -0.1) is 11.3 Å². The van der Waals surface area contributed by atoms with Crippen molar-refractivity contribution in [3.63, 3.8) is 0 Å². The van der Waals surface area contributed by atoms with E-state index in [1.807, 2.05) is 6.92 Å². The van der Waals surface area contributed by atoms with E-state index in [0.29, 0.717) is 11.6 Å². The number of benzene rings is 1. The van der Waals surface area contributed by atoms with Crippen molar-refractivity contribution in [2.75, 3.05) is 5.73 Å². The van der Waals surface area contributed by atoms with E-state index >= 15 is 0 Å². The maximum Gasteiger partial charge on any atom is 0.197 e. The Labute approximate surface area is 107 Å². The van der Waals surface area contributed by atoms with Crippen molar-refractivity contribution >= 4 is 22.8 Å². The normalized spacial score (nSPS) is 10.7. The average molecular weight is 267 g/mol. The molecule has 0 saturated carbocycles. The molecule has 0 spiro atoms. The minimum atomic E-state index is -0.894. The summed E-state index contributed by atoms with van der Waals surface area (Å²) in [7, 11) is 0. The summed E-state index contributed by atoms with van der Waals surface area (Å²) in [4.78, 5) is 13.9. The van der Waals surface area contributed by atoms with Crippen molar-refractivity contribution in [2.45, 2.75) is 13.8 Å². The van der Waals surface area contributed by atoms with Crippen molar-refractivity contribution in [1.29, 1.82) is 0 Å². The first kappa shape index (κ1) is 12.7. The Bertz CT molecular complexity index is 634. The van der Waals surface area contributed by atoms with Crippen LogP contribution in [0.3, 0.4) is 0 Å². The van der Waals surface area contributed by atoms with Gasteiger partial charge < -0.3 is 5.73 Å². The van der Waals surface area contributed by atoms with Gasteiger partial charge in [0.15, 0.2) is 5.78 Å². The number of rotatable bonds is 2. The topological polar surface area (TPSA) is 43.1 Å². The van der Waals surface area contributed by atoms with Crippen molar-refractivity contribution in [2.24, 2.45) is 0 Å². The SMILES string of the molecule is Cc1cc(C(=O)c2cc(N)c(F)cc2F)c(C)s1. The van der Waals surface area contributed by atoms with Crippen LogP contribution in [0.1, 0.15) is 25.7 Å². The zero-order valence-corrected chi connectivity index (χ0v) is 10.7. The Morgan fingerprint density at radius 1 is 1.11 bits per heavy atom. The van der Waals surface area contributed by atoms with Crippen molar-refractivity contribution in [3.05, 3.63) is 50.7 Å². The second-order valence-electron chi connectivity index (χ2n) is 4.01. The summed E-state index contributed by atoms with van der Waals surface area (Å²) in [6.45, 7) is 3.65. The molecule has 2 rings (SSSR count). The molecule has 1 heterocycles. The summed E-state index contributed by atoms with van der Waals surface area (Å²) >= 11 is 1.46. The molecule has 0 aliphatic heterocycles. The summed E-state index contributed by atoms with van der Waals surface area (Å²) in [5.41, 5.74) is 5.36. The highest BCUT2D eigenvalue weighted by Crippen LogP contribution is 2.25. The second-order valence-corrected chi connectivity index (χ2v) is 5.47. The maximum atomic E-state index is 13.6. The molecule has 0 aliphatic carbocycles. The number of carbonyl (C=O) groups excluding carboxylic acids is 1. The van der Waals surface area contributed by atoms with Gasteiger partial charge in [0.05, 0.1) is 11.3 Å². The smallest absolute Gasteiger partial charge is 0.197 e. The molecule has 1 aromatic heterocycles. The molecule has 0 amide bonds. The Balaban J connectivity index is 2.53. The quantitative estimate of drug-likeness (QED) is 0.669. The maximum absolute atomic E-state index is 13.6. The lowest BCUT2D eigenvalue weighted by Crippen LogP contribution is -2.06. The highest BCUT2D eigenvalue weighted by molar-refractivity contribution is 7.12. The zero-order valence-electron chi connectivity index (χ0n) is 9.88. The second kappa shape index (κ2) is 4.49. The molecular formula is C13H11F2NOS. The Kier molecular flexibility index (Phi) is 3.17. The molecule has 0 unspecified atom stereocenters. The van der Waals surface area contributed by atoms with Crippen LogP contribution in [0.15, 0.2) is 18.2 Å². The summed E-state index contributed by atoms with van der Waals surface area (Å²) in [5, 5.41) is 0. The van der Waals surface area contributed by atoms with E-state index < -0.39 is 17.4 Å². The van der Waals surface area contributed by atoms with Gasteiger partial charge in [0.25, 0.3) is 0 Å². The number of ketones is 1. The predicted octanol–water partition coefficient (Wildman–Crippen LogP) is 3.46. The lowest BCUT2D eigenvalue weighted by atomic mass is 10.0. The van der Waals surface area contributed by atoms with Gasteiger partial charge in [-0.3, -0.25) is 4.79 Å². The Morgan fingerprint density at radius 3 is 2.33 bits per heavy atom. The number of nitrogens with two attached hydrogens (primary N) is 1. The summed E-state index contributed by atoms with van der Waals surface area (Å²) < 4.78 is 26.6. The van der Waals surface area contributed by atoms with Gasteiger partial charge in [0.1, 0.15) is 11.6 Å². The number of anilines is 1. The third-order valence-electron chi connectivity index (χ3n) is 2.62. The van der Waals surface area contributed by atoms with E-state index in [1.165, 1.54) is 11.3 Å². The van der Waals surface area contributed by atoms with Crippen LogP contribution in [0, 0.1) is 25.5 Å². The minimum Gasteiger partial charge on any atom is -0.396 e. The van der Waals surface area contributed by atoms with Crippen molar-refractivity contribution in [3.8, 4) is 0 Å². The number of hydrogen-bond donors (Lipinski definition) is 1. The van der Waals surface area contributed by atoms with E-state index in [4.69, 9.17) is 5.73 Å². The summed E-state index contributed by atoms with van der Waals surface area (Å²) in [6, 6.07) is 3.37. The van der Waals surface area contributed by atoms with E-state index in [-0.39, 0.29) is 11.3 Å². The fourth-order valence-corrected chi connectivity index (χ4v) is 2.66. The fourth-order valence-electron chi connectivity index (χ4n) is 1.74. The molecule has 0 bridgehead atoms. The monoisotopic (exact) mass is 267 g/mol. The van der Waals surface area contributed by atoms with Crippen LogP contribution in [0.2, 0.25) is 0 Å². The number of thiophene rings is 1. The van der Waals surface area contributed by atoms with Gasteiger partial charge in [0, 0.05) is 21.4 Å². The lowest BCUT2D eigenvalue weighted by Gasteiger charge is -2.04. The predicted molar refractivity (Wildman–Crippen MR) is 68.0 cm³/mol. The van der Waals surface area contributed by atoms with Gasteiger partial charge in [0.2, 0.25) is 0 Å². The first-order valence-electron chi connectivity index (χ1n) is 5.26. The van der Waals surface area contributed by atoms with Gasteiger partial charge in [-0.25, -0.2) is 8.78 Å². The molecular weight excluding hydrogens is 256 g/mol. The van der Waals surface area contributed by atoms with E-state index in [9.17, 15) is 13.6 Å². The molecule has 0 aliphatic rings. The third kappa shape index (κ3) is 2.13. The van der Waals surface area contributed by atoms with Crippen LogP contribution in [-0.4, -0.2) is 5.78 Å². The van der Waals surface area contributed by atoms with E-state index in [0.717, 1.165) is 15.8 Å². The number of hydrogen-bond acceptors (Lipinski definition) is 3. The molecule has 0 radical (unpaired) electrons. The standard InChI is InChI=1S/C13H11F2NOS/c1-6-3-8(7(2)18-6)13(17)9-4-12(16)11(15)5-10(9)14/h3-5H,16H2,1-2H3. The molecule has 0 saturated heterocycles. The van der Waals surface area contributed by atoms with E-state index in [1.54, 1.807) is 13.0 Å². The highest BCUT2D eigenvalue weighted by Gasteiger charge is 2.19. The summed E-state index contributed by atoms with van der Waals surface area (Å²) in [6.07, 6.45) is 0. The molecule has 18 heavy (non-hydrogen) atoms. The van der Waals surface area contributed by atoms with Crippen molar-refractivity contribution < 1.29 is 13.6 Å². The molecule has 0 atom stereocenters. The Hall–Kier alpha value is -1.75. The molecule has 5 heteroatoms. The van der Waals surface area contributed by atoms with Crippen LogP contribution in [0.4, 0.5) is 14.5 Å². The number of halogens is 2. The fraction of sp³-hybridized carbons (Fsp3) is 0.154.